The first-order valence-electron chi connectivity index (χ1n) is 8.70. The van der Waals surface area contributed by atoms with Crippen molar-refractivity contribution in [3.05, 3.63) is 70.8 Å². The molecule has 0 spiro atoms. The standard InChI is InChI=1S/C21H26N4O/c1-17-5-4-6-20(13-17)15-23-21(26)25(12-11-24(2)3)16-19-9-7-18(14-22)8-10-19/h4-10,13H,11-12,15-16H2,1-3H3,(H,23,26). The SMILES string of the molecule is Cc1cccc(CNC(=O)N(CCN(C)C)Cc2ccc(C#N)cc2)c1. The predicted octanol–water partition coefficient (Wildman–Crippen LogP) is 3.14. The van der Waals surface area contributed by atoms with Gasteiger partial charge in [-0.25, -0.2) is 4.79 Å². The fourth-order valence-electron chi connectivity index (χ4n) is 2.59. The second-order valence-electron chi connectivity index (χ2n) is 6.68. The Balaban J connectivity index is 2.01. The summed E-state index contributed by atoms with van der Waals surface area (Å²) in [5.41, 5.74) is 3.90. The minimum absolute atomic E-state index is 0.0854. The van der Waals surface area contributed by atoms with E-state index in [1.807, 2.05) is 51.4 Å². The Morgan fingerprint density at radius 2 is 1.81 bits per heavy atom. The summed E-state index contributed by atoms with van der Waals surface area (Å²) in [7, 11) is 3.98. The number of hydrogen-bond acceptors (Lipinski definition) is 3. The number of carbonyl (C=O) groups is 1. The van der Waals surface area contributed by atoms with E-state index in [4.69, 9.17) is 5.26 Å². The van der Waals surface area contributed by atoms with Crippen molar-refractivity contribution in [2.45, 2.75) is 20.0 Å². The highest BCUT2D eigenvalue weighted by atomic mass is 16.2. The van der Waals surface area contributed by atoms with Gasteiger partial charge in [0.25, 0.3) is 0 Å². The Kier molecular flexibility index (Phi) is 7.19. The second-order valence-corrected chi connectivity index (χ2v) is 6.68. The first-order chi connectivity index (χ1) is 12.5. The van der Waals surface area contributed by atoms with E-state index in [2.05, 4.69) is 22.4 Å². The van der Waals surface area contributed by atoms with Gasteiger partial charge in [-0.3, -0.25) is 0 Å². The van der Waals surface area contributed by atoms with E-state index in [0.717, 1.165) is 17.7 Å². The first-order valence-corrected chi connectivity index (χ1v) is 8.70. The van der Waals surface area contributed by atoms with E-state index in [-0.39, 0.29) is 6.03 Å². The van der Waals surface area contributed by atoms with Crippen molar-refractivity contribution in [1.29, 1.82) is 5.26 Å². The van der Waals surface area contributed by atoms with Gasteiger partial charge in [-0.15, -0.1) is 0 Å². The van der Waals surface area contributed by atoms with E-state index in [0.29, 0.717) is 25.2 Å². The molecule has 0 bridgehead atoms. The van der Waals surface area contributed by atoms with E-state index in [9.17, 15) is 4.79 Å². The van der Waals surface area contributed by atoms with Crippen LogP contribution in [0.4, 0.5) is 4.79 Å². The van der Waals surface area contributed by atoms with Crippen LogP contribution in [-0.2, 0) is 13.1 Å². The third-order valence-electron chi connectivity index (χ3n) is 4.09. The molecule has 0 unspecified atom stereocenters. The lowest BCUT2D eigenvalue weighted by atomic mass is 10.1. The number of amides is 2. The molecule has 2 aromatic rings. The number of nitriles is 1. The Bertz CT molecular complexity index is 762. The number of hydrogen-bond donors (Lipinski definition) is 1. The molecule has 5 heteroatoms. The van der Waals surface area contributed by atoms with E-state index < -0.39 is 0 Å². The molecular weight excluding hydrogens is 324 g/mol. The van der Waals surface area contributed by atoms with Crippen molar-refractivity contribution < 1.29 is 4.79 Å². The van der Waals surface area contributed by atoms with Crippen molar-refractivity contribution in [2.75, 3.05) is 27.2 Å². The molecule has 0 atom stereocenters. The minimum atomic E-state index is -0.0854. The summed E-state index contributed by atoms with van der Waals surface area (Å²) in [6, 6.07) is 17.5. The van der Waals surface area contributed by atoms with Crippen LogP contribution in [0.25, 0.3) is 0 Å². The van der Waals surface area contributed by atoms with Crippen LogP contribution in [0.3, 0.4) is 0 Å². The maximum Gasteiger partial charge on any atom is 0.318 e. The van der Waals surface area contributed by atoms with E-state index >= 15 is 0 Å². The number of aryl methyl sites for hydroxylation is 1. The van der Waals surface area contributed by atoms with Crippen LogP contribution >= 0.6 is 0 Å². The average Bonchev–Trinajstić information content (AvgIpc) is 2.63. The van der Waals surface area contributed by atoms with Crippen molar-refractivity contribution in [3.63, 3.8) is 0 Å². The highest BCUT2D eigenvalue weighted by molar-refractivity contribution is 5.74. The number of likely N-dealkylation sites (N-methyl/N-ethyl adjacent to an activating group) is 1. The number of benzene rings is 2. The third kappa shape index (κ3) is 6.23. The van der Waals surface area contributed by atoms with Crippen molar-refractivity contribution in [1.82, 2.24) is 15.1 Å². The van der Waals surface area contributed by atoms with Gasteiger partial charge in [0, 0.05) is 26.2 Å². The van der Waals surface area contributed by atoms with Crippen LogP contribution in [0.5, 0.6) is 0 Å². The first kappa shape index (κ1) is 19.5. The summed E-state index contributed by atoms with van der Waals surface area (Å²) in [6.07, 6.45) is 0. The summed E-state index contributed by atoms with van der Waals surface area (Å²) in [4.78, 5) is 16.5. The third-order valence-corrected chi connectivity index (χ3v) is 4.09. The Hall–Kier alpha value is -2.84. The topological polar surface area (TPSA) is 59.4 Å². The predicted molar refractivity (Wildman–Crippen MR) is 104 cm³/mol. The molecule has 26 heavy (non-hydrogen) atoms. The van der Waals surface area contributed by atoms with Gasteiger partial charge in [-0.1, -0.05) is 42.0 Å². The molecule has 0 aliphatic heterocycles. The van der Waals surface area contributed by atoms with Crippen LogP contribution in [0.15, 0.2) is 48.5 Å². The molecule has 0 aliphatic carbocycles. The van der Waals surface area contributed by atoms with Crippen LogP contribution in [0.2, 0.25) is 0 Å². The van der Waals surface area contributed by atoms with E-state index in [1.54, 1.807) is 17.0 Å². The fraction of sp³-hybridized carbons (Fsp3) is 0.333. The number of rotatable bonds is 7. The summed E-state index contributed by atoms with van der Waals surface area (Å²) in [6.45, 7) is 4.48. The van der Waals surface area contributed by atoms with Gasteiger partial charge in [0.15, 0.2) is 0 Å². The highest BCUT2D eigenvalue weighted by Crippen LogP contribution is 2.09. The molecule has 2 amide bonds. The lowest BCUT2D eigenvalue weighted by Gasteiger charge is -2.25. The number of urea groups is 1. The minimum Gasteiger partial charge on any atom is -0.334 e. The average molecular weight is 350 g/mol. The molecule has 0 fully saturated rings. The Morgan fingerprint density at radius 3 is 2.42 bits per heavy atom. The molecule has 0 saturated carbocycles. The monoisotopic (exact) mass is 350 g/mol. The molecule has 0 aliphatic rings. The molecule has 0 aromatic heterocycles. The molecule has 0 heterocycles. The zero-order chi connectivity index (χ0) is 18.9. The van der Waals surface area contributed by atoms with Gasteiger partial charge in [0.2, 0.25) is 0 Å². The maximum atomic E-state index is 12.7. The molecule has 2 aromatic carbocycles. The van der Waals surface area contributed by atoms with Gasteiger partial charge in [-0.2, -0.15) is 5.26 Å². The highest BCUT2D eigenvalue weighted by Gasteiger charge is 2.14. The Labute approximate surface area is 155 Å². The van der Waals surface area contributed by atoms with Gasteiger partial charge < -0.3 is 15.1 Å². The van der Waals surface area contributed by atoms with Crippen LogP contribution < -0.4 is 5.32 Å². The zero-order valence-electron chi connectivity index (χ0n) is 15.7. The zero-order valence-corrected chi connectivity index (χ0v) is 15.7. The fourth-order valence-corrected chi connectivity index (χ4v) is 2.59. The normalized spacial score (nSPS) is 10.4. The molecule has 1 N–H and O–H groups in total. The summed E-state index contributed by atoms with van der Waals surface area (Å²) >= 11 is 0. The molecule has 2 rings (SSSR count). The molecule has 136 valence electrons. The number of carbonyl (C=O) groups excluding carboxylic acids is 1. The summed E-state index contributed by atoms with van der Waals surface area (Å²) in [5, 5.41) is 11.9. The van der Waals surface area contributed by atoms with Crippen LogP contribution in [0.1, 0.15) is 22.3 Å². The quantitative estimate of drug-likeness (QED) is 0.834. The van der Waals surface area contributed by atoms with Crippen molar-refractivity contribution in [3.8, 4) is 6.07 Å². The van der Waals surface area contributed by atoms with Crippen LogP contribution in [-0.4, -0.2) is 43.0 Å². The number of nitrogens with zero attached hydrogens (tertiary/aromatic N) is 3. The van der Waals surface area contributed by atoms with E-state index in [1.165, 1.54) is 5.56 Å². The lowest BCUT2D eigenvalue weighted by Crippen LogP contribution is -2.42. The van der Waals surface area contributed by atoms with Gasteiger partial charge in [0.1, 0.15) is 0 Å². The molecule has 0 saturated heterocycles. The van der Waals surface area contributed by atoms with Crippen molar-refractivity contribution >= 4 is 6.03 Å². The maximum absolute atomic E-state index is 12.7. The molecular formula is C21H26N4O. The molecule has 5 nitrogen and oxygen atoms in total. The van der Waals surface area contributed by atoms with Gasteiger partial charge >= 0.3 is 6.03 Å². The Morgan fingerprint density at radius 1 is 1.08 bits per heavy atom. The lowest BCUT2D eigenvalue weighted by molar-refractivity contribution is 0.188. The summed E-state index contributed by atoms with van der Waals surface area (Å²) < 4.78 is 0. The van der Waals surface area contributed by atoms with Crippen LogP contribution in [0, 0.1) is 18.3 Å². The molecule has 0 radical (unpaired) electrons. The largest absolute Gasteiger partial charge is 0.334 e. The number of nitrogens with one attached hydrogen (secondary N) is 1. The van der Waals surface area contributed by atoms with Gasteiger partial charge in [0.05, 0.1) is 11.6 Å². The van der Waals surface area contributed by atoms with Crippen molar-refractivity contribution in [2.24, 2.45) is 0 Å². The van der Waals surface area contributed by atoms with Gasteiger partial charge in [-0.05, 0) is 44.3 Å². The smallest absolute Gasteiger partial charge is 0.318 e. The second kappa shape index (κ2) is 9.59. The summed E-state index contributed by atoms with van der Waals surface area (Å²) in [5.74, 6) is 0.